The number of amides is 1. The van der Waals surface area contributed by atoms with Gasteiger partial charge in [-0.05, 0) is 42.2 Å². The van der Waals surface area contributed by atoms with Gasteiger partial charge in [-0.25, -0.2) is 4.79 Å². The number of hydrogen-bond acceptors (Lipinski definition) is 3. The topological polar surface area (TPSA) is 46.6 Å². The van der Waals surface area contributed by atoms with E-state index < -0.39 is 5.97 Å². The van der Waals surface area contributed by atoms with Crippen LogP contribution in [0.3, 0.4) is 0 Å². The van der Waals surface area contributed by atoms with E-state index in [1.54, 1.807) is 18.2 Å². The highest BCUT2D eigenvalue weighted by Gasteiger charge is 2.50. The number of halogens is 2. The summed E-state index contributed by atoms with van der Waals surface area (Å²) in [6, 6.07) is 5.01. The maximum atomic E-state index is 12.6. The highest BCUT2D eigenvalue weighted by molar-refractivity contribution is 6.39. The molecule has 2 atom stereocenters. The first-order chi connectivity index (χ1) is 11.6. The largest absolute Gasteiger partial charge is 0.452 e. The standard InChI is InChI=1S/C19H23Cl2NO3/c1-18(2)7-12-8-19(3,10-18)11-22(12)15(23)9-25-17(24)16-13(20)5-4-6-14(16)21/h4-6,12H,7-11H2,1-3H3/t12-,19-/m0/s1. The van der Waals surface area contributed by atoms with Crippen LogP contribution in [-0.2, 0) is 9.53 Å². The van der Waals surface area contributed by atoms with Crippen molar-refractivity contribution in [2.24, 2.45) is 10.8 Å². The molecule has 1 aliphatic carbocycles. The number of rotatable bonds is 3. The van der Waals surface area contributed by atoms with Gasteiger partial charge in [0.1, 0.15) is 0 Å². The predicted molar refractivity (Wildman–Crippen MR) is 98.0 cm³/mol. The van der Waals surface area contributed by atoms with Crippen LogP contribution in [0.5, 0.6) is 0 Å². The molecule has 0 spiro atoms. The van der Waals surface area contributed by atoms with E-state index >= 15 is 0 Å². The molecule has 0 radical (unpaired) electrons. The molecule has 0 aromatic heterocycles. The van der Waals surface area contributed by atoms with Crippen LogP contribution in [0, 0.1) is 10.8 Å². The fraction of sp³-hybridized carbons (Fsp3) is 0.579. The van der Waals surface area contributed by atoms with E-state index in [2.05, 4.69) is 20.8 Å². The maximum absolute atomic E-state index is 12.6. The molecule has 1 aliphatic heterocycles. The summed E-state index contributed by atoms with van der Waals surface area (Å²) in [7, 11) is 0. The van der Waals surface area contributed by atoms with Gasteiger partial charge in [0.25, 0.3) is 5.91 Å². The van der Waals surface area contributed by atoms with Crippen molar-refractivity contribution in [1.29, 1.82) is 0 Å². The van der Waals surface area contributed by atoms with Gasteiger partial charge in [0.05, 0.1) is 15.6 Å². The van der Waals surface area contributed by atoms with E-state index in [1.807, 2.05) is 4.90 Å². The van der Waals surface area contributed by atoms with Crippen LogP contribution in [-0.4, -0.2) is 36.0 Å². The van der Waals surface area contributed by atoms with Gasteiger partial charge in [-0.1, -0.05) is 50.0 Å². The molecule has 1 aromatic rings. The Balaban J connectivity index is 1.65. The van der Waals surface area contributed by atoms with Crippen molar-refractivity contribution in [3.8, 4) is 0 Å². The molecule has 0 unspecified atom stereocenters. The first-order valence-electron chi connectivity index (χ1n) is 8.51. The number of likely N-dealkylation sites (tertiary alicyclic amines) is 1. The first kappa shape index (κ1) is 18.5. The lowest BCUT2D eigenvalue weighted by Gasteiger charge is -2.39. The lowest BCUT2D eigenvalue weighted by Crippen LogP contribution is -2.39. The van der Waals surface area contributed by atoms with Gasteiger partial charge < -0.3 is 9.64 Å². The van der Waals surface area contributed by atoms with Crippen LogP contribution < -0.4 is 0 Å². The summed E-state index contributed by atoms with van der Waals surface area (Å²) in [5.41, 5.74) is 0.485. The van der Waals surface area contributed by atoms with Crippen LogP contribution in [0.15, 0.2) is 18.2 Å². The molecule has 1 aromatic carbocycles. The summed E-state index contributed by atoms with van der Waals surface area (Å²) in [5.74, 6) is -0.819. The number of esters is 1. The summed E-state index contributed by atoms with van der Waals surface area (Å²) < 4.78 is 5.20. The van der Waals surface area contributed by atoms with Crippen molar-refractivity contribution in [3.63, 3.8) is 0 Å². The van der Waals surface area contributed by atoms with Crippen LogP contribution in [0.4, 0.5) is 0 Å². The van der Waals surface area contributed by atoms with Gasteiger partial charge in [-0.15, -0.1) is 0 Å². The van der Waals surface area contributed by atoms with Crippen LogP contribution in [0.25, 0.3) is 0 Å². The Morgan fingerprint density at radius 3 is 2.48 bits per heavy atom. The van der Waals surface area contributed by atoms with Crippen molar-refractivity contribution in [3.05, 3.63) is 33.8 Å². The molecule has 2 fully saturated rings. The molecule has 1 heterocycles. The average Bonchev–Trinajstić information content (AvgIpc) is 2.73. The molecule has 2 bridgehead atoms. The minimum Gasteiger partial charge on any atom is -0.452 e. The van der Waals surface area contributed by atoms with Crippen LogP contribution >= 0.6 is 23.2 Å². The zero-order valence-corrected chi connectivity index (χ0v) is 16.3. The fourth-order valence-corrected chi connectivity index (χ4v) is 5.28. The van der Waals surface area contributed by atoms with Gasteiger partial charge >= 0.3 is 5.97 Å². The summed E-state index contributed by atoms with van der Waals surface area (Å²) >= 11 is 12.0. The Bertz CT molecular complexity index is 698. The van der Waals surface area contributed by atoms with Crippen LogP contribution in [0.1, 0.15) is 50.4 Å². The zero-order valence-electron chi connectivity index (χ0n) is 14.8. The molecular weight excluding hydrogens is 361 g/mol. The van der Waals surface area contributed by atoms with Gasteiger partial charge in [-0.2, -0.15) is 0 Å². The van der Waals surface area contributed by atoms with Crippen molar-refractivity contribution in [2.45, 2.75) is 46.1 Å². The van der Waals surface area contributed by atoms with Gasteiger partial charge in [0.15, 0.2) is 6.61 Å². The van der Waals surface area contributed by atoms with Crippen molar-refractivity contribution in [2.75, 3.05) is 13.2 Å². The highest BCUT2D eigenvalue weighted by Crippen LogP contribution is 2.52. The zero-order chi connectivity index (χ0) is 18.4. The highest BCUT2D eigenvalue weighted by atomic mass is 35.5. The van der Waals surface area contributed by atoms with Crippen molar-refractivity contribution < 1.29 is 14.3 Å². The Morgan fingerprint density at radius 2 is 1.84 bits per heavy atom. The second-order valence-electron chi connectivity index (χ2n) is 8.41. The van der Waals surface area contributed by atoms with Gasteiger partial charge in [-0.3, -0.25) is 4.79 Å². The van der Waals surface area contributed by atoms with E-state index in [0.29, 0.717) is 0 Å². The number of hydrogen-bond donors (Lipinski definition) is 0. The van der Waals surface area contributed by atoms with Crippen molar-refractivity contribution >= 4 is 35.1 Å². The summed E-state index contributed by atoms with van der Waals surface area (Å²) in [4.78, 5) is 26.8. The molecule has 3 rings (SSSR count). The maximum Gasteiger partial charge on any atom is 0.341 e. The molecule has 4 nitrogen and oxygen atoms in total. The number of ether oxygens (including phenoxy) is 1. The number of carbonyl (C=O) groups excluding carboxylic acids is 2. The fourth-order valence-electron chi connectivity index (χ4n) is 4.73. The minimum absolute atomic E-state index is 0.104. The lowest BCUT2D eigenvalue weighted by molar-refractivity contribution is -0.135. The van der Waals surface area contributed by atoms with Gasteiger partial charge in [0.2, 0.25) is 0 Å². The average molecular weight is 384 g/mol. The summed E-state index contributed by atoms with van der Waals surface area (Å²) in [6.45, 7) is 7.19. The third kappa shape index (κ3) is 3.80. The smallest absolute Gasteiger partial charge is 0.341 e. The lowest BCUT2D eigenvalue weighted by atomic mass is 9.65. The molecular formula is C19H23Cl2NO3. The Labute approximate surface area is 158 Å². The van der Waals surface area contributed by atoms with E-state index in [0.717, 1.165) is 25.8 Å². The minimum atomic E-state index is -0.669. The molecule has 2 aliphatic rings. The second-order valence-corrected chi connectivity index (χ2v) is 9.22. The SMILES string of the molecule is CC1(C)C[C@H]2C[C@](C)(CN2C(=O)COC(=O)c2c(Cl)cccc2Cl)C1. The second kappa shape index (κ2) is 6.48. The normalized spacial score (nSPS) is 27.2. The Kier molecular flexibility index (Phi) is 4.80. The predicted octanol–water partition coefficient (Wildman–Crippen LogP) is 4.58. The number of fused-ring (bicyclic) bond motifs is 2. The molecule has 0 N–H and O–H groups in total. The van der Waals surface area contributed by atoms with E-state index in [-0.39, 0.29) is 45.0 Å². The van der Waals surface area contributed by atoms with Gasteiger partial charge in [0, 0.05) is 12.6 Å². The number of benzene rings is 1. The molecule has 1 saturated carbocycles. The van der Waals surface area contributed by atoms with E-state index in [9.17, 15) is 9.59 Å². The molecule has 1 saturated heterocycles. The molecule has 25 heavy (non-hydrogen) atoms. The van der Waals surface area contributed by atoms with E-state index in [4.69, 9.17) is 27.9 Å². The first-order valence-corrected chi connectivity index (χ1v) is 9.26. The Hall–Kier alpha value is -1.26. The summed E-state index contributed by atoms with van der Waals surface area (Å²) in [5, 5.41) is 0.437. The van der Waals surface area contributed by atoms with Crippen molar-refractivity contribution in [1.82, 2.24) is 4.90 Å². The number of nitrogens with zero attached hydrogens (tertiary/aromatic N) is 1. The molecule has 136 valence electrons. The number of carbonyl (C=O) groups is 2. The molecule has 1 amide bonds. The third-order valence-corrected chi connectivity index (χ3v) is 5.86. The summed E-state index contributed by atoms with van der Waals surface area (Å²) in [6.07, 6.45) is 3.11. The van der Waals surface area contributed by atoms with Crippen LogP contribution in [0.2, 0.25) is 10.0 Å². The third-order valence-electron chi connectivity index (χ3n) is 5.23. The quantitative estimate of drug-likeness (QED) is 0.717. The monoisotopic (exact) mass is 383 g/mol. The molecule has 6 heteroatoms. The Morgan fingerprint density at radius 1 is 1.20 bits per heavy atom. The van der Waals surface area contributed by atoms with E-state index in [1.165, 1.54) is 0 Å².